The summed E-state index contributed by atoms with van der Waals surface area (Å²) >= 11 is 0. The van der Waals surface area contributed by atoms with Crippen molar-refractivity contribution < 1.29 is 0 Å². The van der Waals surface area contributed by atoms with Crippen LogP contribution >= 0.6 is 0 Å². The van der Waals surface area contributed by atoms with E-state index in [1.807, 2.05) is 0 Å². The molecule has 0 radical (unpaired) electrons. The van der Waals surface area contributed by atoms with Crippen LogP contribution in [-0.2, 0) is 0 Å². The summed E-state index contributed by atoms with van der Waals surface area (Å²) in [5, 5.41) is 11.1. The van der Waals surface area contributed by atoms with Gasteiger partial charge in [-0.3, -0.25) is 4.40 Å². The Kier molecular flexibility index (Phi) is 5.03. The Balaban J connectivity index is 1.20. The lowest BCUT2D eigenvalue weighted by Gasteiger charge is -2.12. The number of pyridine rings is 1. The summed E-state index contributed by atoms with van der Waals surface area (Å²) in [5.41, 5.74) is 9.26. The molecule has 8 aromatic carbocycles. The van der Waals surface area contributed by atoms with Gasteiger partial charge in [-0.1, -0.05) is 133 Å². The van der Waals surface area contributed by atoms with E-state index >= 15 is 0 Å². The lowest BCUT2D eigenvalue weighted by atomic mass is 9.96. The van der Waals surface area contributed by atoms with Crippen molar-refractivity contribution in [2.45, 2.75) is 0 Å². The van der Waals surface area contributed by atoms with E-state index in [4.69, 9.17) is 4.98 Å². The van der Waals surface area contributed by atoms with E-state index in [0.29, 0.717) is 0 Å². The number of hydrogen-bond acceptors (Lipinski definition) is 1. The van der Waals surface area contributed by atoms with Crippen molar-refractivity contribution >= 4 is 70.7 Å². The van der Waals surface area contributed by atoms with Crippen LogP contribution < -0.4 is 0 Å². The first-order chi connectivity index (χ1) is 22.3. The molecule has 0 amide bonds. The third-order valence-corrected chi connectivity index (χ3v) is 9.53. The summed E-state index contributed by atoms with van der Waals surface area (Å²) < 4.78 is 2.39. The second-order valence-electron chi connectivity index (χ2n) is 12.0. The second kappa shape index (κ2) is 9.25. The zero-order chi connectivity index (χ0) is 29.5. The Labute approximate surface area is 259 Å². The first kappa shape index (κ1) is 24.5. The van der Waals surface area contributed by atoms with Gasteiger partial charge in [-0.15, -0.1) is 0 Å². The molecule has 2 aromatic heterocycles. The predicted molar refractivity (Wildman–Crippen MR) is 191 cm³/mol. The van der Waals surface area contributed by atoms with Gasteiger partial charge in [0.1, 0.15) is 5.65 Å². The summed E-state index contributed by atoms with van der Waals surface area (Å²) in [6.07, 6.45) is 0. The van der Waals surface area contributed by atoms with Crippen LogP contribution in [-0.4, -0.2) is 9.38 Å². The van der Waals surface area contributed by atoms with Gasteiger partial charge in [0.25, 0.3) is 0 Å². The van der Waals surface area contributed by atoms with Gasteiger partial charge in [0.05, 0.1) is 16.6 Å². The average molecular weight is 571 g/mol. The van der Waals surface area contributed by atoms with Crippen molar-refractivity contribution in [1.82, 2.24) is 9.38 Å². The molecule has 0 atom stereocenters. The number of imidazole rings is 1. The van der Waals surface area contributed by atoms with Crippen LogP contribution in [0.4, 0.5) is 0 Å². The molecule has 2 heteroatoms. The number of fused-ring (bicyclic) bond motifs is 14. The summed E-state index contributed by atoms with van der Waals surface area (Å²) in [7, 11) is 0. The Morgan fingerprint density at radius 3 is 1.69 bits per heavy atom. The van der Waals surface area contributed by atoms with Crippen LogP contribution in [0, 0.1) is 0 Å². The molecule has 45 heavy (non-hydrogen) atoms. The highest BCUT2D eigenvalue weighted by Gasteiger charge is 2.18. The maximum Gasteiger partial charge on any atom is 0.146 e. The highest BCUT2D eigenvalue weighted by molar-refractivity contribution is 6.26. The molecular formula is C43H26N2. The lowest BCUT2D eigenvalue weighted by Crippen LogP contribution is -1.92. The Bertz CT molecular complexity index is 2800. The Morgan fingerprint density at radius 2 is 0.911 bits per heavy atom. The molecule has 208 valence electrons. The van der Waals surface area contributed by atoms with E-state index < -0.39 is 0 Å². The fourth-order valence-corrected chi connectivity index (χ4v) is 7.38. The fraction of sp³-hybridized carbons (Fsp3) is 0. The van der Waals surface area contributed by atoms with Gasteiger partial charge < -0.3 is 0 Å². The number of rotatable bonds is 2. The molecule has 0 bridgehead atoms. The van der Waals surface area contributed by atoms with Gasteiger partial charge in [0, 0.05) is 21.5 Å². The Hall–Kier alpha value is -5.99. The Morgan fingerprint density at radius 1 is 0.356 bits per heavy atom. The van der Waals surface area contributed by atoms with E-state index in [1.54, 1.807) is 0 Å². The van der Waals surface area contributed by atoms with Gasteiger partial charge in [-0.25, -0.2) is 4.98 Å². The summed E-state index contributed by atoms with van der Waals surface area (Å²) in [4.78, 5) is 5.40. The molecule has 0 aliphatic rings. The maximum atomic E-state index is 5.40. The van der Waals surface area contributed by atoms with Crippen LogP contribution in [0.25, 0.3) is 92.9 Å². The minimum atomic E-state index is 0.999. The van der Waals surface area contributed by atoms with Crippen LogP contribution in [0.5, 0.6) is 0 Å². The quantitative estimate of drug-likeness (QED) is 0.189. The third-order valence-electron chi connectivity index (χ3n) is 9.53. The lowest BCUT2D eigenvalue weighted by molar-refractivity contribution is 1.32. The highest BCUT2D eigenvalue weighted by atomic mass is 15.0. The van der Waals surface area contributed by atoms with Gasteiger partial charge in [0.2, 0.25) is 0 Å². The van der Waals surface area contributed by atoms with Crippen LogP contribution in [0.3, 0.4) is 0 Å². The van der Waals surface area contributed by atoms with Gasteiger partial charge in [0.15, 0.2) is 0 Å². The number of benzene rings is 8. The molecule has 2 nitrogen and oxygen atoms in total. The zero-order valence-corrected chi connectivity index (χ0v) is 24.4. The number of hydrogen-bond donors (Lipinski definition) is 0. The predicted octanol–water partition coefficient (Wildman–Crippen LogP) is 11.6. The van der Waals surface area contributed by atoms with Crippen LogP contribution in [0.2, 0.25) is 0 Å². The average Bonchev–Trinajstić information content (AvgIpc) is 3.53. The molecule has 0 saturated carbocycles. The zero-order valence-electron chi connectivity index (χ0n) is 24.4. The molecule has 0 unspecified atom stereocenters. The number of para-hydroxylation sites is 1. The van der Waals surface area contributed by atoms with Crippen LogP contribution in [0.1, 0.15) is 0 Å². The largest absolute Gasteiger partial charge is 0.291 e. The first-order valence-electron chi connectivity index (χ1n) is 15.5. The van der Waals surface area contributed by atoms with Crippen molar-refractivity contribution in [3.63, 3.8) is 0 Å². The summed E-state index contributed by atoms with van der Waals surface area (Å²) in [6, 6.07) is 57.2. The van der Waals surface area contributed by atoms with Crippen LogP contribution in [0.15, 0.2) is 158 Å². The highest BCUT2D eigenvalue weighted by Crippen LogP contribution is 2.40. The van der Waals surface area contributed by atoms with Gasteiger partial charge in [-0.2, -0.15) is 0 Å². The molecule has 0 spiro atoms. The smallest absolute Gasteiger partial charge is 0.146 e. The molecule has 0 aliphatic carbocycles. The maximum absolute atomic E-state index is 5.40. The third kappa shape index (κ3) is 3.54. The van der Waals surface area contributed by atoms with Crippen molar-refractivity contribution in [2.24, 2.45) is 0 Å². The summed E-state index contributed by atoms with van der Waals surface area (Å²) in [5.74, 6) is 0. The van der Waals surface area contributed by atoms with E-state index in [0.717, 1.165) is 16.6 Å². The molecule has 0 saturated heterocycles. The molecule has 10 rings (SSSR count). The standard InChI is InChI=1S/C43H26N2/c1-2-10-30-25-31(22-21-27(30)9-1)28-17-19-29(20-18-28)32-23-24-38-39(26-32)35-13-7-8-16-40(35)45-42-37-15-6-4-12-34(37)33-11-3-5-14-36(33)41(42)44-43(38)45/h1-26H. The molecule has 0 N–H and O–H groups in total. The molecular weight excluding hydrogens is 544 g/mol. The number of aromatic nitrogens is 2. The molecule has 0 aliphatic heterocycles. The normalized spacial score (nSPS) is 12.0. The summed E-state index contributed by atoms with van der Waals surface area (Å²) in [6.45, 7) is 0. The minimum Gasteiger partial charge on any atom is -0.291 e. The van der Waals surface area contributed by atoms with Crippen molar-refractivity contribution in [1.29, 1.82) is 0 Å². The fourth-order valence-electron chi connectivity index (χ4n) is 7.38. The monoisotopic (exact) mass is 570 g/mol. The van der Waals surface area contributed by atoms with Crippen molar-refractivity contribution in [3.05, 3.63) is 158 Å². The van der Waals surface area contributed by atoms with E-state index in [2.05, 4.69) is 162 Å². The number of nitrogens with zero attached hydrogens (tertiary/aromatic N) is 2. The second-order valence-corrected chi connectivity index (χ2v) is 12.0. The van der Waals surface area contributed by atoms with E-state index in [1.165, 1.54) is 76.4 Å². The molecule has 2 heterocycles. The van der Waals surface area contributed by atoms with Gasteiger partial charge >= 0.3 is 0 Å². The van der Waals surface area contributed by atoms with E-state index in [-0.39, 0.29) is 0 Å². The SMILES string of the molecule is c1ccc2cc(-c3ccc(-c4ccc5c(c4)c4ccccc4n4c5nc5c6ccccc6c6ccccc6c54)cc3)ccc2c1. The molecule has 0 fully saturated rings. The molecule has 10 aromatic rings. The van der Waals surface area contributed by atoms with Crippen molar-refractivity contribution in [2.75, 3.05) is 0 Å². The topological polar surface area (TPSA) is 17.3 Å². The first-order valence-corrected chi connectivity index (χ1v) is 15.5. The van der Waals surface area contributed by atoms with E-state index in [9.17, 15) is 0 Å². The van der Waals surface area contributed by atoms with Crippen molar-refractivity contribution in [3.8, 4) is 22.3 Å². The van der Waals surface area contributed by atoms with Gasteiger partial charge in [-0.05, 0) is 73.5 Å². The minimum absolute atomic E-state index is 0.999.